The summed E-state index contributed by atoms with van der Waals surface area (Å²) in [6.07, 6.45) is 11.5. The lowest BCUT2D eigenvalue weighted by Crippen LogP contribution is -2.49. The summed E-state index contributed by atoms with van der Waals surface area (Å²) in [5, 5.41) is 0. The van der Waals surface area contributed by atoms with Gasteiger partial charge in [0.1, 0.15) is 0 Å². The lowest BCUT2D eigenvalue weighted by molar-refractivity contribution is -0.137. The van der Waals surface area contributed by atoms with Gasteiger partial charge in [-0.25, -0.2) is 0 Å². The molecule has 1 aliphatic carbocycles. The van der Waals surface area contributed by atoms with Gasteiger partial charge in [0.2, 0.25) is 11.8 Å². The summed E-state index contributed by atoms with van der Waals surface area (Å²) in [6.45, 7) is 3.90. The second-order valence-electron chi connectivity index (χ2n) is 7.36. The normalized spacial score (nSPS) is 24.2. The predicted octanol–water partition coefficient (Wildman–Crippen LogP) is 3.60. The lowest BCUT2D eigenvalue weighted by atomic mass is 9.78. The van der Waals surface area contributed by atoms with Crippen molar-refractivity contribution >= 4 is 11.8 Å². The molecular weight excluding hydrogens is 288 g/mol. The molecule has 2 amide bonds. The zero-order valence-corrected chi connectivity index (χ0v) is 15.1. The van der Waals surface area contributed by atoms with Crippen molar-refractivity contribution in [2.75, 3.05) is 20.1 Å². The molecule has 2 unspecified atom stereocenters. The fourth-order valence-electron chi connectivity index (χ4n) is 4.18. The molecule has 132 valence electrons. The van der Waals surface area contributed by atoms with Crippen LogP contribution in [0.5, 0.6) is 0 Å². The molecule has 0 radical (unpaired) electrons. The number of unbranched alkanes of at least 4 members (excludes halogenated alkanes) is 1. The van der Waals surface area contributed by atoms with Crippen LogP contribution in [0.2, 0.25) is 0 Å². The molecular formula is C19H34N2O2. The van der Waals surface area contributed by atoms with E-state index in [2.05, 4.69) is 11.8 Å². The molecule has 0 aromatic carbocycles. The van der Waals surface area contributed by atoms with E-state index in [4.69, 9.17) is 0 Å². The van der Waals surface area contributed by atoms with Crippen molar-refractivity contribution in [2.45, 2.75) is 83.6 Å². The van der Waals surface area contributed by atoms with Gasteiger partial charge in [0, 0.05) is 39.0 Å². The molecule has 1 saturated heterocycles. The number of carbonyl (C=O) groups excluding carboxylic acids is 2. The van der Waals surface area contributed by atoms with Crippen LogP contribution in [0.4, 0.5) is 0 Å². The Labute approximate surface area is 141 Å². The highest BCUT2D eigenvalue weighted by Gasteiger charge is 2.35. The average molecular weight is 322 g/mol. The Balaban J connectivity index is 1.72. The van der Waals surface area contributed by atoms with E-state index in [0.717, 1.165) is 38.3 Å². The summed E-state index contributed by atoms with van der Waals surface area (Å²) in [4.78, 5) is 28.6. The number of rotatable bonds is 7. The highest BCUT2D eigenvalue weighted by atomic mass is 16.2. The van der Waals surface area contributed by atoms with Crippen molar-refractivity contribution in [3.63, 3.8) is 0 Å². The van der Waals surface area contributed by atoms with Crippen LogP contribution >= 0.6 is 0 Å². The Kier molecular flexibility index (Phi) is 7.38. The summed E-state index contributed by atoms with van der Waals surface area (Å²) in [5.74, 6) is 1.20. The summed E-state index contributed by atoms with van der Waals surface area (Å²) in [5.41, 5.74) is 0. The third kappa shape index (κ3) is 5.22. The largest absolute Gasteiger partial charge is 0.346 e. The number of nitrogens with zero attached hydrogens (tertiary/aromatic N) is 2. The smallest absolute Gasteiger partial charge is 0.222 e. The van der Waals surface area contributed by atoms with E-state index in [9.17, 15) is 9.59 Å². The third-order valence-corrected chi connectivity index (χ3v) is 5.62. The lowest BCUT2D eigenvalue weighted by Gasteiger charge is -2.44. The number of carbonyl (C=O) groups is 2. The molecule has 23 heavy (non-hydrogen) atoms. The molecule has 2 fully saturated rings. The molecule has 1 saturated carbocycles. The standard InChI is InChI=1S/C19H34N2O2/c1-3-4-14-20(2)18(22)12-7-13-19(23)21-15-8-10-16-9-5-6-11-17(16)21/h16-17H,3-15H2,1-2H3. The summed E-state index contributed by atoms with van der Waals surface area (Å²) < 4.78 is 0. The first-order valence-corrected chi connectivity index (χ1v) is 9.67. The topological polar surface area (TPSA) is 40.6 Å². The Morgan fingerprint density at radius 3 is 2.57 bits per heavy atom. The van der Waals surface area contributed by atoms with Gasteiger partial charge in [-0.2, -0.15) is 0 Å². The van der Waals surface area contributed by atoms with Gasteiger partial charge in [-0.15, -0.1) is 0 Å². The molecule has 4 nitrogen and oxygen atoms in total. The molecule has 1 heterocycles. The van der Waals surface area contributed by atoms with E-state index >= 15 is 0 Å². The first-order valence-electron chi connectivity index (χ1n) is 9.67. The van der Waals surface area contributed by atoms with Gasteiger partial charge in [-0.1, -0.05) is 26.2 Å². The highest BCUT2D eigenvalue weighted by Crippen LogP contribution is 2.35. The number of fused-ring (bicyclic) bond motifs is 1. The second-order valence-corrected chi connectivity index (χ2v) is 7.36. The summed E-state index contributed by atoms with van der Waals surface area (Å²) in [7, 11) is 1.87. The minimum atomic E-state index is 0.181. The van der Waals surface area contributed by atoms with Crippen LogP contribution in [-0.4, -0.2) is 47.8 Å². The van der Waals surface area contributed by atoms with Gasteiger partial charge < -0.3 is 9.80 Å². The first kappa shape index (κ1) is 18.3. The van der Waals surface area contributed by atoms with E-state index < -0.39 is 0 Å². The molecule has 1 aliphatic heterocycles. The van der Waals surface area contributed by atoms with Gasteiger partial charge in [0.05, 0.1) is 0 Å². The molecule has 2 aliphatic rings. The average Bonchev–Trinajstić information content (AvgIpc) is 2.58. The molecule has 2 rings (SSSR count). The Hall–Kier alpha value is -1.06. The second kappa shape index (κ2) is 9.29. The van der Waals surface area contributed by atoms with Crippen molar-refractivity contribution in [1.29, 1.82) is 0 Å². The van der Waals surface area contributed by atoms with E-state index in [1.54, 1.807) is 0 Å². The maximum absolute atomic E-state index is 12.6. The highest BCUT2D eigenvalue weighted by molar-refractivity contribution is 5.79. The molecule has 0 spiro atoms. The van der Waals surface area contributed by atoms with Gasteiger partial charge >= 0.3 is 0 Å². The Morgan fingerprint density at radius 1 is 1.04 bits per heavy atom. The number of amides is 2. The van der Waals surface area contributed by atoms with E-state index in [1.807, 2.05) is 11.9 Å². The fourth-order valence-corrected chi connectivity index (χ4v) is 4.18. The summed E-state index contributed by atoms with van der Waals surface area (Å²) in [6, 6.07) is 0.493. The van der Waals surface area contributed by atoms with E-state index in [1.165, 1.54) is 32.1 Å². The van der Waals surface area contributed by atoms with Crippen molar-refractivity contribution in [1.82, 2.24) is 9.80 Å². The molecule has 2 atom stereocenters. The van der Waals surface area contributed by atoms with Crippen LogP contribution in [0.1, 0.15) is 77.6 Å². The third-order valence-electron chi connectivity index (χ3n) is 5.62. The van der Waals surface area contributed by atoms with Crippen molar-refractivity contribution in [2.24, 2.45) is 5.92 Å². The predicted molar refractivity (Wildman–Crippen MR) is 93.1 cm³/mol. The number of hydrogen-bond donors (Lipinski definition) is 0. The maximum atomic E-state index is 12.6. The van der Waals surface area contributed by atoms with Gasteiger partial charge in [-0.05, 0) is 44.4 Å². The zero-order valence-electron chi connectivity index (χ0n) is 15.1. The fraction of sp³-hybridized carbons (Fsp3) is 0.895. The zero-order chi connectivity index (χ0) is 16.7. The minimum Gasteiger partial charge on any atom is -0.346 e. The SMILES string of the molecule is CCCCN(C)C(=O)CCCC(=O)N1CCCC2CCCCC21. The van der Waals surface area contributed by atoms with Crippen molar-refractivity contribution in [3.05, 3.63) is 0 Å². The maximum Gasteiger partial charge on any atom is 0.222 e. The van der Waals surface area contributed by atoms with Gasteiger partial charge in [0.25, 0.3) is 0 Å². The van der Waals surface area contributed by atoms with E-state index in [-0.39, 0.29) is 11.8 Å². The minimum absolute atomic E-state index is 0.181. The van der Waals surface area contributed by atoms with Crippen LogP contribution in [0.15, 0.2) is 0 Å². The van der Waals surface area contributed by atoms with Crippen LogP contribution in [0.3, 0.4) is 0 Å². The number of piperidine rings is 1. The van der Waals surface area contributed by atoms with E-state index in [0.29, 0.717) is 25.3 Å². The van der Waals surface area contributed by atoms with Crippen LogP contribution < -0.4 is 0 Å². The molecule has 0 aromatic heterocycles. The molecule has 0 N–H and O–H groups in total. The van der Waals surface area contributed by atoms with Crippen molar-refractivity contribution in [3.8, 4) is 0 Å². The number of likely N-dealkylation sites (tertiary alicyclic amines) is 1. The number of hydrogen-bond acceptors (Lipinski definition) is 2. The van der Waals surface area contributed by atoms with Crippen LogP contribution in [0, 0.1) is 5.92 Å². The monoisotopic (exact) mass is 322 g/mol. The quantitative estimate of drug-likeness (QED) is 0.718. The molecule has 4 heteroatoms. The van der Waals surface area contributed by atoms with Crippen molar-refractivity contribution < 1.29 is 9.59 Å². The first-order chi connectivity index (χ1) is 11.1. The van der Waals surface area contributed by atoms with Crippen LogP contribution in [-0.2, 0) is 9.59 Å². The Morgan fingerprint density at radius 2 is 1.78 bits per heavy atom. The van der Waals surface area contributed by atoms with Gasteiger partial charge in [-0.3, -0.25) is 9.59 Å². The Bertz CT molecular complexity index is 395. The molecule has 0 aromatic rings. The molecule has 0 bridgehead atoms. The van der Waals surface area contributed by atoms with Crippen LogP contribution in [0.25, 0.3) is 0 Å². The summed E-state index contributed by atoms with van der Waals surface area (Å²) >= 11 is 0. The van der Waals surface area contributed by atoms with Gasteiger partial charge in [0.15, 0.2) is 0 Å².